The number of rotatable bonds is 6. The van der Waals surface area contributed by atoms with Crippen molar-refractivity contribution in [2.75, 3.05) is 12.3 Å². The molecule has 0 spiro atoms. The quantitative estimate of drug-likeness (QED) is 0.466. The van der Waals surface area contributed by atoms with E-state index in [4.69, 9.17) is 0 Å². The van der Waals surface area contributed by atoms with Gasteiger partial charge in [-0.2, -0.15) is 0 Å². The molecule has 0 radical (unpaired) electrons. The summed E-state index contributed by atoms with van der Waals surface area (Å²) in [5, 5.41) is 0. The monoisotopic (exact) mass is 220 g/mol. The van der Waals surface area contributed by atoms with Gasteiger partial charge in [0, 0.05) is 0 Å². The summed E-state index contributed by atoms with van der Waals surface area (Å²) in [6.07, 6.45) is 3.47. The molecule has 0 aliphatic heterocycles. The van der Waals surface area contributed by atoms with Gasteiger partial charge in [-0.05, 0) is 0 Å². The Labute approximate surface area is 103 Å². The fourth-order valence-corrected chi connectivity index (χ4v) is 3.23. The summed E-state index contributed by atoms with van der Waals surface area (Å²) in [5.74, 6) is 0. The molecule has 13 heavy (non-hydrogen) atoms. The van der Waals surface area contributed by atoms with Crippen molar-refractivity contribution < 1.29 is 14.7 Å². The summed E-state index contributed by atoms with van der Waals surface area (Å²) in [6.45, 7) is 3.93. The molecule has 0 saturated heterocycles. The first-order valence-electron chi connectivity index (χ1n) is 4.65. The second-order valence-corrected chi connectivity index (χ2v) is 7.07. The second kappa shape index (κ2) is 6.73. The van der Waals surface area contributed by atoms with Crippen LogP contribution in [0.2, 0.25) is 0 Å². The minimum atomic E-state index is -4.21. The molecule has 0 heterocycles. The van der Waals surface area contributed by atoms with Crippen LogP contribution in [-0.2, 0) is 0 Å². The van der Waals surface area contributed by atoms with Crippen molar-refractivity contribution in [1.29, 1.82) is 0 Å². The summed E-state index contributed by atoms with van der Waals surface area (Å²) in [6, 6.07) is 0. The summed E-state index contributed by atoms with van der Waals surface area (Å²) >= 11 is 0. The Morgan fingerprint density at radius 2 is 1.15 bits per heavy atom. The molecule has 0 bridgehead atoms. The minimum absolute atomic E-state index is 0. The van der Waals surface area contributed by atoms with Crippen LogP contribution in [-0.4, -0.2) is 56.6 Å². The van der Waals surface area contributed by atoms with Gasteiger partial charge in [0.1, 0.15) is 0 Å². The molecule has 0 amide bonds. The molecular formula is C8H22NaO3P. The van der Waals surface area contributed by atoms with E-state index in [1.807, 2.05) is 13.8 Å². The van der Waals surface area contributed by atoms with Crippen LogP contribution in [0.15, 0.2) is 0 Å². The Hall–Kier alpha value is 1.31. The maximum atomic E-state index is 9.48. The molecule has 0 rings (SSSR count). The Morgan fingerprint density at radius 1 is 0.846 bits per heavy atom. The zero-order chi connectivity index (χ0) is 9.69. The SMILES string of the molecule is CCCCP(O)(O)(O)CCCC.[NaH]. The molecule has 0 aromatic carbocycles. The Morgan fingerprint density at radius 3 is 1.38 bits per heavy atom. The van der Waals surface area contributed by atoms with Crippen LogP contribution in [0, 0.1) is 0 Å². The molecule has 0 aliphatic carbocycles. The molecule has 0 aromatic rings. The average Bonchev–Trinajstić information content (AvgIpc) is 1.97. The van der Waals surface area contributed by atoms with E-state index in [1.165, 1.54) is 0 Å². The molecule has 3 nitrogen and oxygen atoms in total. The van der Waals surface area contributed by atoms with Gasteiger partial charge < -0.3 is 0 Å². The van der Waals surface area contributed by atoms with Gasteiger partial charge in [-0.1, -0.05) is 0 Å². The van der Waals surface area contributed by atoms with Crippen LogP contribution < -0.4 is 0 Å². The summed E-state index contributed by atoms with van der Waals surface area (Å²) < 4.78 is 0. The molecule has 78 valence electrons. The predicted octanol–water partition coefficient (Wildman–Crippen LogP) is 1.21. The van der Waals surface area contributed by atoms with Crippen LogP contribution in [0.1, 0.15) is 39.5 Å². The first kappa shape index (κ1) is 16.7. The first-order chi connectivity index (χ1) is 5.39. The maximum absolute atomic E-state index is 9.48. The molecule has 5 heteroatoms. The molecule has 0 fully saturated rings. The van der Waals surface area contributed by atoms with Gasteiger partial charge in [-0.15, -0.1) is 0 Å². The van der Waals surface area contributed by atoms with E-state index in [0.29, 0.717) is 12.8 Å². The van der Waals surface area contributed by atoms with Crippen molar-refractivity contribution >= 4 is 36.8 Å². The van der Waals surface area contributed by atoms with Crippen molar-refractivity contribution in [2.24, 2.45) is 0 Å². The third kappa shape index (κ3) is 9.61. The molecule has 0 unspecified atom stereocenters. The van der Waals surface area contributed by atoms with Crippen molar-refractivity contribution in [2.45, 2.75) is 39.5 Å². The van der Waals surface area contributed by atoms with Crippen LogP contribution in [0.4, 0.5) is 0 Å². The summed E-state index contributed by atoms with van der Waals surface area (Å²) in [7, 11) is -4.21. The zero-order valence-electron chi connectivity index (χ0n) is 8.03. The van der Waals surface area contributed by atoms with Crippen LogP contribution in [0.3, 0.4) is 0 Å². The van der Waals surface area contributed by atoms with Gasteiger partial charge in [0.05, 0.1) is 0 Å². The van der Waals surface area contributed by atoms with E-state index in [2.05, 4.69) is 0 Å². The Bertz CT molecular complexity index is 121. The standard InChI is InChI=1S/C8H21O3P.Na.H/c1-3-5-7-12(9,10,11)8-6-4-2;;/h9-11H,3-8H2,1-2H3;;. The topological polar surface area (TPSA) is 60.7 Å². The van der Waals surface area contributed by atoms with Crippen molar-refractivity contribution in [3.05, 3.63) is 0 Å². The number of hydrogen-bond donors (Lipinski definition) is 3. The molecule has 0 aromatic heterocycles. The molecule has 3 N–H and O–H groups in total. The normalized spacial score (nSPS) is 14.4. The van der Waals surface area contributed by atoms with E-state index in [0.717, 1.165) is 12.8 Å². The van der Waals surface area contributed by atoms with Gasteiger partial charge in [-0.3, -0.25) is 0 Å². The Balaban J connectivity index is 0. The van der Waals surface area contributed by atoms with Crippen molar-refractivity contribution in [3.8, 4) is 0 Å². The van der Waals surface area contributed by atoms with Crippen LogP contribution >= 0.6 is 7.28 Å². The fourth-order valence-electron chi connectivity index (χ4n) is 1.08. The second-order valence-electron chi connectivity index (χ2n) is 3.49. The number of hydrogen-bond acceptors (Lipinski definition) is 3. The van der Waals surface area contributed by atoms with E-state index in [-0.39, 0.29) is 41.9 Å². The van der Waals surface area contributed by atoms with Gasteiger partial charge in [0.15, 0.2) is 0 Å². The van der Waals surface area contributed by atoms with E-state index in [9.17, 15) is 14.7 Å². The third-order valence-electron chi connectivity index (χ3n) is 1.94. The van der Waals surface area contributed by atoms with Gasteiger partial charge in [0.25, 0.3) is 0 Å². The zero-order valence-corrected chi connectivity index (χ0v) is 8.93. The summed E-state index contributed by atoms with van der Waals surface area (Å²) in [5.41, 5.74) is 0. The van der Waals surface area contributed by atoms with Gasteiger partial charge >= 0.3 is 103 Å². The van der Waals surface area contributed by atoms with E-state index in [1.54, 1.807) is 0 Å². The van der Waals surface area contributed by atoms with Crippen LogP contribution in [0.5, 0.6) is 0 Å². The van der Waals surface area contributed by atoms with E-state index >= 15 is 0 Å². The first-order valence-corrected chi connectivity index (χ1v) is 7.11. The van der Waals surface area contributed by atoms with Crippen LogP contribution in [0.25, 0.3) is 0 Å². The molecule has 0 atom stereocenters. The van der Waals surface area contributed by atoms with Gasteiger partial charge in [0.2, 0.25) is 0 Å². The predicted molar refractivity (Wildman–Crippen MR) is 60.3 cm³/mol. The summed E-state index contributed by atoms with van der Waals surface area (Å²) in [4.78, 5) is 28.5. The molecular weight excluding hydrogens is 198 g/mol. The van der Waals surface area contributed by atoms with E-state index < -0.39 is 7.28 Å². The number of unbranched alkanes of at least 4 members (excludes halogenated alkanes) is 2. The van der Waals surface area contributed by atoms with Crippen molar-refractivity contribution in [1.82, 2.24) is 0 Å². The third-order valence-corrected chi connectivity index (χ3v) is 4.40. The average molecular weight is 220 g/mol. The van der Waals surface area contributed by atoms with Gasteiger partial charge in [-0.25, -0.2) is 0 Å². The van der Waals surface area contributed by atoms with Crippen molar-refractivity contribution in [3.63, 3.8) is 0 Å². The Kier molecular flexibility index (Phi) is 8.66. The molecule has 0 aliphatic rings. The molecule has 0 saturated carbocycles. The fraction of sp³-hybridized carbons (Fsp3) is 1.00.